The van der Waals surface area contributed by atoms with Gasteiger partial charge in [-0.15, -0.1) is 0 Å². The number of imidazole rings is 1. The predicted octanol–water partition coefficient (Wildman–Crippen LogP) is 1.87. The van der Waals surface area contributed by atoms with E-state index in [1.165, 1.54) is 11.3 Å². The monoisotopic (exact) mass is 233 g/mol. The standard InChI is InChI=1S/C12H19N5/c1-5-17-7-6-13-12(17)14-8-11-9(2)15-16(4)10(11)3/h6-7H,5,8H2,1-4H3,(H,13,14). The summed E-state index contributed by atoms with van der Waals surface area (Å²) in [4.78, 5) is 4.29. The third kappa shape index (κ3) is 2.18. The van der Waals surface area contributed by atoms with Crippen LogP contribution in [0.3, 0.4) is 0 Å². The molecule has 0 aliphatic carbocycles. The third-order valence-corrected chi connectivity index (χ3v) is 3.14. The lowest BCUT2D eigenvalue weighted by Crippen LogP contribution is -2.07. The Labute approximate surface area is 101 Å². The molecular formula is C12H19N5. The first kappa shape index (κ1) is 11.7. The van der Waals surface area contributed by atoms with Crippen LogP contribution in [-0.4, -0.2) is 19.3 Å². The number of rotatable bonds is 4. The molecule has 0 saturated carbocycles. The number of hydrogen-bond acceptors (Lipinski definition) is 3. The molecule has 5 nitrogen and oxygen atoms in total. The quantitative estimate of drug-likeness (QED) is 0.877. The number of anilines is 1. The Hall–Kier alpha value is -1.78. The van der Waals surface area contributed by atoms with E-state index in [9.17, 15) is 0 Å². The lowest BCUT2D eigenvalue weighted by Gasteiger charge is -2.08. The van der Waals surface area contributed by atoms with Crippen LogP contribution >= 0.6 is 0 Å². The van der Waals surface area contributed by atoms with Gasteiger partial charge in [0.15, 0.2) is 0 Å². The van der Waals surface area contributed by atoms with Crippen LogP contribution in [0.15, 0.2) is 12.4 Å². The molecule has 92 valence electrons. The van der Waals surface area contributed by atoms with Crippen molar-refractivity contribution in [3.05, 3.63) is 29.3 Å². The van der Waals surface area contributed by atoms with Gasteiger partial charge in [-0.3, -0.25) is 4.68 Å². The summed E-state index contributed by atoms with van der Waals surface area (Å²) in [5.74, 6) is 0.912. The van der Waals surface area contributed by atoms with Gasteiger partial charge in [0.2, 0.25) is 5.95 Å². The molecule has 0 unspecified atom stereocenters. The molecule has 0 bridgehead atoms. The van der Waals surface area contributed by atoms with Gasteiger partial charge < -0.3 is 9.88 Å². The van der Waals surface area contributed by atoms with E-state index in [0.717, 1.165) is 24.7 Å². The summed E-state index contributed by atoms with van der Waals surface area (Å²) >= 11 is 0. The van der Waals surface area contributed by atoms with E-state index in [-0.39, 0.29) is 0 Å². The fourth-order valence-electron chi connectivity index (χ4n) is 1.97. The van der Waals surface area contributed by atoms with Crippen molar-refractivity contribution >= 4 is 5.95 Å². The molecule has 0 saturated heterocycles. The molecule has 0 aromatic carbocycles. The molecule has 0 radical (unpaired) electrons. The van der Waals surface area contributed by atoms with Crippen LogP contribution in [0.4, 0.5) is 5.95 Å². The number of aryl methyl sites for hydroxylation is 3. The van der Waals surface area contributed by atoms with Crippen molar-refractivity contribution in [2.24, 2.45) is 7.05 Å². The van der Waals surface area contributed by atoms with E-state index in [1.807, 2.05) is 31.0 Å². The third-order valence-electron chi connectivity index (χ3n) is 3.14. The highest BCUT2D eigenvalue weighted by molar-refractivity contribution is 5.32. The summed E-state index contributed by atoms with van der Waals surface area (Å²) in [5.41, 5.74) is 3.52. The minimum atomic E-state index is 0.766. The van der Waals surface area contributed by atoms with Crippen molar-refractivity contribution in [3.8, 4) is 0 Å². The van der Waals surface area contributed by atoms with Gasteiger partial charge in [0, 0.05) is 43.8 Å². The summed E-state index contributed by atoms with van der Waals surface area (Å²) < 4.78 is 4.00. The van der Waals surface area contributed by atoms with Gasteiger partial charge >= 0.3 is 0 Å². The lowest BCUT2D eigenvalue weighted by molar-refractivity contribution is 0.730. The Morgan fingerprint density at radius 2 is 2.12 bits per heavy atom. The normalized spacial score (nSPS) is 10.8. The van der Waals surface area contributed by atoms with Crippen molar-refractivity contribution in [2.45, 2.75) is 33.9 Å². The Balaban J connectivity index is 2.12. The molecule has 17 heavy (non-hydrogen) atoms. The molecule has 1 N–H and O–H groups in total. The topological polar surface area (TPSA) is 47.7 Å². The largest absolute Gasteiger partial charge is 0.351 e. The van der Waals surface area contributed by atoms with Crippen LogP contribution < -0.4 is 5.32 Å². The second kappa shape index (κ2) is 4.61. The molecule has 0 aliphatic heterocycles. The molecule has 0 fully saturated rings. The first-order valence-electron chi connectivity index (χ1n) is 5.87. The van der Waals surface area contributed by atoms with E-state index in [4.69, 9.17) is 0 Å². The zero-order valence-electron chi connectivity index (χ0n) is 10.9. The van der Waals surface area contributed by atoms with Crippen LogP contribution in [0.2, 0.25) is 0 Å². The second-order valence-corrected chi connectivity index (χ2v) is 4.16. The summed E-state index contributed by atoms with van der Waals surface area (Å²) in [5, 5.41) is 7.76. The van der Waals surface area contributed by atoms with Gasteiger partial charge in [0.05, 0.1) is 5.69 Å². The number of aromatic nitrogens is 4. The van der Waals surface area contributed by atoms with Crippen molar-refractivity contribution in [1.29, 1.82) is 0 Å². The molecule has 0 amide bonds. The van der Waals surface area contributed by atoms with E-state index >= 15 is 0 Å². The van der Waals surface area contributed by atoms with Gasteiger partial charge in [-0.1, -0.05) is 0 Å². The van der Waals surface area contributed by atoms with Gasteiger partial charge in [-0.25, -0.2) is 4.98 Å². The van der Waals surface area contributed by atoms with Crippen LogP contribution in [0.5, 0.6) is 0 Å². The molecule has 2 rings (SSSR count). The summed E-state index contributed by atoms with van der Waals surface area (Å²) in [6.07, 6.45) is 3.79. The maximum atomic E-state index is 4.40. The van der Waals surface area contributed by atoms with E-state index in [2.05, 4.69) is 33.8 Å². The van der Waals surface area contributed by atoms with Crippen molar-refractivity contribution in [2.75, 3.05) is 5.32 Å². The number of nitrogens with one attached hydrogen (secondary N) is 1. The highest BCUT2D eigenvalue weighted by Gasteiger charge is 2.09. The zero-order chi connectivity index (χ0) is 12.4. The Bertz CT molecular complexity index is 509. The fraction of sp³-hybridized carbons (Fsp3) is 0.500. The SMILES string of the molecule is CCn1ccnc1NCc1c(C)nn(C)c1C. The minimum absolute atomic E-state index is 0.766. The van der Waals surface area contributed by atoms with Crippen LogP contribution in [0, 0.1) is 13.8 Å². The molecule has 2 heterocycles. The van der Waals surface area contributed by atoms with E-state index in [1.54, 1.807) is 0 Å². The predicted molar refractivity (Wildman–Crippen MR) is 67.9 cm³/mol. The highest BCUT2D eigenvalue weighted by atomic mass is 15.3. The van der Waals surface area contributed by atoms with Gasteiger partial charge in [0.25, 0.3) is 0 Å². The molecule has 0 atom stereocenters. The van der Waals surface area contributed by atoms with Gasteiger partial charge in [0.1, 0.15) is 0 Å². The van der Waals surface area contributed by atoms with Crippen LogP contribution in [-0.2, 0) is 20.1 Å². The van der Waals surface area contributed by atoms with Gasteiger partial charge in [-0.2, -0.15) is 5.10 Å². The van der Waals surface area contributed by atoms with Crippen molar-refractivity contribution in [3.63, 3.8) is 0 Å². The zero-order valence-corrected chi connectivity index (χ0v) is 10.9. The molecule has 0 aliphatic rings. The summed E-state index contributed by atoms with van der Waals surface area (Å²) in [7, 11) is 1.97. The maximum absolute atomic E-state index is 4.40. The molecule has 0 spiro atoms. The van der Waals surface area contributed by atoms with Crippen molar-refractivity contribution in [1.82, 2.24) is 19.3 Å². The average molecular weight is 233 g/mol. The van der Waals surface area contributed by atoms with Crippen LogP contribution in [0.25, 0.3) is 0 Å². The Kier molecular flexibility index (Phi) is 3.17. The summed E-state index contributed by atoms with van der Waals surface area (Å²) in [6, 6.07) is 0. The van der Waals surface area contributed by atoms with Gasteiger partial charge in [-0.05, 0) is 20.8 Å². The first-order valence-corrected chi connectivity index (χ1v) is 5.87. The Morgan fingerprint density at radius 3 is 2.71 bits per heavy atom. The lowest BCUT2D eigenvalue weighted by atomic mass is 10.2. The minimum Gasteiger partial charge on any atom is -0.351 e. The Morgan fingerprint density at radius 1 is 1.35 bits per heavy atom. The maximum Gasteiger partial charge on any atom is 0.203 e. The molecule has 2 aromatic heterocycles. The molecule has 2 aromatic rings. The number of hydrogen-bond donors (Lipinski definition) is 1. The van der Waals surface area contributed by atoms with Crippen LogP contribution in [0.1, 0.15) is 23.9 Å². The highest BCUT2D eigenvalue weighted by Crippen LogP contribution is 2.14. The molecule has 5 heteroatoms. The first-order chi connectivity index (χ1) is 8.13. The van der Waals surface area contributed by atoms with Crippen molar-refractivity contribution < 1.29 is 0 Å². The fourth-order valence-corrected chi connectivity index (χ4v) is 1.97. The van der Waals surface area contributed by atoms with E-state index < -0.39 is 0 Å². The van der Waals surface area contributed by atoms with E-state index in [0.29, 0.717) is 0 Å². The second-order valence-electron chi connectivity index (χ2n) is 4.16. The smallest absolute Gasteiger partial charge is 0.203 e. The number of nitrogens with zero attached hydrogens (tertiary/aromatic N) is 4. The summed E-state index contributed by atoms with van der Waals surface area (Å²) in [6.45, 7) is 7.92. The average Bonchev–Trinajstić information content (AvgIpc) is 2.84. The molecular weight excluding hydrogens is 214 g/mol.